The van der Waals surface area contributed by atoms with Crippen LogP contribution in [0.25, 0.3) is 5.76 Å². The maximum Gasteiger partial charge on any atom is 0.139 e. The van der Waals surface area contributed by atoms with Crippen molar-refractivity contribution in [3.8, 4) is 11.5 Å². The molecule has 0 bridgehead atoms. The average Bonchev–Trinajstić information content (AvgIpc) is 2.54. The van der Waals surface area contributed by atoms with E-state index in [1.54, 1.807) is 40.6 Å². The van der Waals surface area contributed by atoms with Crippen LogP contribution in [-0.2, 0) is 15.1 Å². The highest BCUT2D eigenvalue weighted by atomic mass is 16.5. The molecule has 0 spiro atoms. The first-order valence-electron chi connectivity index (χ1n) is 6.41. The molecule has 1 aromatic rings. The maximum atomic E-state index is 9.02. The average molecular weight is 293 g/mol. The summed E-state index contributed by atoms with van der Waals surface area (Å²) in [5, 5.41) is 12.2. The van der Waals surface area contributed by atoms with Crippen molar-refractivity contribution in [2.45, 2.75) is 12.0 Å². The van der Waals surface area contributed by atoms with Gasteiger partial charge in [0.1, 0.15) is 22.9 Å². The number of nitrogens with zero attached hydrogens (tertiary/aromatic N) is 1. The van der Waals surface area contributed by atoms with Crippen molar-refractivity contribution in [3.05, 3.63) is 29.3 Å². The van der Waals surface area contributed by atoms with Gasteiger partial charge >= 0.3 is 0 Å². The lowest BCUT2D eigenvalue weighted by Gasteiger charge is -2.35. The summed E-state index contributed by atoms with van der Waals surface area (Å²) in [5.41, 5.74) is 0.503. The Morgan fingerprint density at radius 1 is 1.10 bits per heavy atom. The third-order valence-electron chi connectivity index (χ3n) is 3.68. The SMILES string of the molecule is COC1=CCC(C=NO)(OC)c2c(OC)ccc(OC)c21. The molecule has 1 atom stereocenters. The first-order chi connectivity index (χ1) is 10.2. The van der Waals surface area contributed by atoms with Crippen molar-refractivity contribution >= 4 is 12.0 Å². The summed E-state index contributed by atoms with van der Waals surface area (Å²) in [7, 11) is 6.30. The molecule has 0 heterocycles. The fourth-order valence-electron chi connectivity index (χ4n) is 2.65. The monoisotopic (exact) mass is 293 g/mol. The summed E-state index contributed by atoms with van der Waals surface area (Å²) in [6.07, 6.45) is 3.67. The number of ether oxygens (including phenoxy) is 4. The van der Waals surface area contributed by atoms with Gasteiger partial charge in [0, 0.05) is 19.1 Å². The lowest BCUT2D eigenvalue weighted by molar-refractivity contribution is 0.0471. The molecule has 1 aliphatic rings. The van der Waals surface area contributed by atoms with Crippen molar-refractivity contribution in [3.63, 3.8) is 0 Å². The molecule has 0 aromatic heterocycles. The van der Waals surface area contributed by atoms with E-state index < -0.39 is 5.60 Å². The van der Waals surface area contributed by atoms with Crippen LogP contribution >= 0.6 is 0 Å². The van der Waals surface area contributed by atoms with Crippen LogP contribution in [0.3, 0.4) is 0 Å². The van der Waals surface area contributed by atoms with Crippen molar-refractivity contribution in [2.24, 2.45) is 5.16 Å². The molecule has 0 radical (unpaired) electrons. The standard InChI is InChI=1S/C15H19NO5/c1-18-10-5-6-12(20-3)14-13(10)11(19-2)7-8-15(14,21-4)9-16-17/h5-7,9,17H,8H2,1-4H3. The number of oxime groups is 1. The van der Waals surface area contributed by atoms with E-state index in [9.17, 15) is 0 Å². The van der Waals surface area contributed by atoms with Gasteiger partial charge in [0.15, 0.2) is 0 Å². The molecule has 1 N–H and O–H groups in total. The highest BCUT2D eigenvalue weighted by Gasteiger charge is 2.41. The van der Waals surface area contributed by atoms with Crippen molar-refractivity contribution in [2.75, 3.05) is 28.4 Å². The Morgan fingerprint density at radius 3 is 2.29 bits per heavy atom. The smallest absolute Gasteiger partial charge is 0.139 e. The fraction of sp³-hybridized carbons (Fsp3) is 0.400. The minimum atomic E-state index is -0.938. The van der Waals surface area contributed by atoms with E-state index in [0.29, 0.717) is 29.2 Å². The second kappa shape index (κ2) is 6.05. The molecule has 0 fully saturated rings. The summed E-state index contributed by atoms with van der Waals surface area (Å²) in [6, 6.07) is 3.58. The number of methoxy groups -OCH3 is 4. The summed E-state index contributed by atoms with van der Waals surface area (Å²) in [5.74, 6) is 1.90. The zero-order chi connectivity index (χ0) is 15.5. The third kappa shape index (κ3) is 2.31. The number of rotatable bonds is 5. The van der Waals surface area contributed by atoms with Crippen molar-refractivity contribution in [1.29, 1.82) is 0 Å². The molecule has 114 valence electrons. The Labute approximate surface area is 123 Å². The molecule has 6 heteroatoms. The number of fused-ring (bicyclic) bond motifs is 1. The van der Waals surface area contributed by atoms with Crippen LogP contribution < -0.4 is 9.47 Å². The zero-order valence-corrected chi connectivity index (χ0v) is 12.5. The van der Waals surface area contributed by atoms with Gasteiger partial charge in [0.25, 0.3) is 0 Å². The van der Waals surface area contributed by atoms with E-state index in [1.807, 2.05) is 6.08 Å². The van der Waals surface area contributed by atoms with Crippen LogP contribution in [-0.4, -0.2) is 39.9 Å². The third-order valence-corrected chi connectivity index (χ3v) is 3.68. The molecule has 1 aromatic carbocycles. The van der Waals surface area contributed by atoms with E-state index >= 15 is 0 Å². The molecule has 21 heavy (non-hydrogen) atoms. The van der Waals surface area contributed by atoms with Crippen LogP contribution in [0.5, 0.6) is 11.5 Å². The van der Waals surface area contributed by atoms with Crippen LogP contribution in [0.4, 0.5) is 0 Å². The Morgan fingerprint density at radius 2 is 1.76 bits per heavy atom. The van der Waals surface area contributed by atoms with Crippen molar-refractivity contribution in [1.82, 2.24) is 0 Å². The van der Waals surface area contributed by atoms with Gasteiger partial charge in [-0.25, -0.2) is 0 Å². The van der Waals surface area contributed by atoms with Gasteiger partial charge < -0.3 is 24.2 Å². The topological polar surface area (TPSA) is 69.5 Å². The Kier molecular flexibility index (Phi) is 4.37. The summed E-state index contributed by atoms with van der Waals surface area (Å²) in [6.45, 7) is 0. The fourth-order valence-corrected chi connectivity index (χ4v) is 2.65. The van der Waals surface area contributed by atoms with E-state index in [4.69, 9.17) is 24.2 Å². The predicted molar refractivity (Wildman–Crippen MR) is 78.1 cm³/mol. The second-order valence-electron chi connectivity index (χ2n) is 4.53. The van der Waals surface area contributed by atoms with Gasteiger partial charge in [0.2, 0.25) is 0 Å². The molecule has 2 rings (SSSR count). The Hall–Kier alpha value is -2.21. The number of benzene rings is 1. The largest absolute Gasteiger partial charge is 0.496 e. The molecule has 1 unspecified atom stereocenters. The molecule has 0 aliphatic heterocycles. The van der Waals surface area contributed by atoms with Crippen LogP contribution in [0.2, 0.25) is 0 Å². The van der Waals surface area contributed by atoms with E-state index in [1.165, 1.54) is 6.21 Å². The van der Waals surface area contributed by atoms with Crippen molar-refractivity contribution < 1.29 is 24.2 Å². The minimum absolute atomic E-state index is 0.452. The predicted octanol–water partition coefficient (Wildman–Crippen LogP) is 2.40. The van der Waals surface area contributed by atoms with Gasteiger partial charge in [0.05, 0.1) is 33.1 Å². The molecular weight excluding hydrogens is 274 g/mol. The summed E-state index contributed by atoms with van der Waals surface area (Å²) in [4.78, 5) is 0. The second-order valence-corrected chi connectivity index (χ2v) is 4.53. The molecule has 0 saturated heterocycles. The molecular formula is C15H19NO5. The maximum absolute atomic E-state index is 9.02. The normalized spacial score (nSPS) is 20.9. The summed E-state index contributed by atoms with van der Waals surface area (Å²) >= 11 is 0. The first kappa shape index (κ1) is 15.2. The summed E-state index contributed by atoms with van der Waals surface area (Å²) < 4.78 is 21.9. The molecule has 6 nitrogen and oxygen atoms in total. The lowest BCUT2D eigenvalue weighted by Crippen LogP contribution is -2.34. The molecule has 0 saturated carbocycles. The lowest BCUT2D eigenvalue weighted by atomic mass is 9.81. The minimum Gasteiger partial charge on any atom is -0.496 e. The number of hydrogen-bond acceptors (Lipinski definition) is 6. The van der Waals surface area contributed by atoms with Gasteiger partial charge in [-0.1, -0.05) is 5.16 Å². The van der Waals surface area contributed by atoms with Crippen LogP contribution in [0.1, 0.15) is 17.5 Å². The zero-order valence-electron chi connectivity index (χ0n) is 12.5. The van der Waals surface area contributed by atoms with Gasteiger partial charge in [-0.05, 0) is 18.2 Å². The van der Waals surface area contributed by atoms with Gasteiger partial charge in [-0.3, -0.25) is 0 Å². The van der Waals surface area contributed by atoms with Gasteiger partial charge in [-0.15, -0.1) is 0 Å². The van der Waals surface area contributed by atoms with Crippen LogP contribution in [0, 0.1) is 0 Å². The Bertz CT molecular complexity index is 582. The van der Waals surface area contributed by atoms with E-state index in [0.717, 1.165) is 5.56 Å². The highest BCUT2D eigenvalue weighted by Crippen LogP contribution is 2.47. The first-order valence-corrected chi connectivity index (χ1v) is 6.41. The number of hydrogen-bond donors (Lipinski definition) is 1. The highest BCUT2D eigenvalue weighted by molar-refractivity contribution is 5.83. The van der Waals surface area contributed by atoms with E-state index in [-0.39, 0.29) is 0 Å². The molecule has 0 amide bonds. The Balaban J connectivity index is 2.82. The van der Waals surface area contributed by atoms with E-state index in [2.05, 4.69) is 5.16 Å². The molecule has 1 aliphatic carbocycles. The van der Waals surface area contributed by atoms with Gasteiger partial charge in [-0.2, -0.15) is 0 Å². The van der Waals surface area contributed by atoms with Crippen LogP contribution in [0.15, 0.2) is 23.4 Å². The quantitative estimate of drug-likeness (QED) is 0.513.